The van der Waals surface area contributed by atoms with E-state index in [0.29, 0.717) is 0 Å². The monoisotopic (exact) mass is 541 g/mol. The van der Waals surface area contributed by atoms with Gasteiger partial charge in [-0.15, -0.1) is 0 Å². The number of rotatable bonds is 2. The van der Waals surface area contributed by atoms with E-state index in [-0.39, 0.29) is 26.2 Å². The van der Waals surface area contributed by atoms with E-state index in [2.05, 4.69) is 2.84 Å². The summed E-state index contributed by atoms with van der Waals surface area (Å²) in [5.74, 6) is 0. The van der Waals surface area contributed by atoms with Gasteiger partial charge in [-0.25, -0.2) is 0 Å². The SMILES string of the molecule is [Bi].[O]=[Cr](=[O])([O-])[O-].[O]=[Cr](=[O])([O-])[O][Cr](=[O])(=[O])[O-]. The molecule has 0 N–H and O–H groups in total. The van der Waals surface area contributed by atoms with E-state index in [4.69, 9.17) is 15.9 Å². The van der Waals surface area contributed by atoms with Gasteiger partial charge in [0.1, 0.15) is 0 Å². The Morgan fingerprint density at radius 2 is 0.800 bits per heavy atom. The minimum absolute atomic E-state index is 0. The first kappa shape index (κ1) is 21.4. The van der Waals surface area contributed by atoms with Crippen LogP contribution in [0.3, 0.4) is 0 Å². The van der Waals surface area contributed by atoms with E-state index in [9.17, 15) is 23.5 Å². The molecule has 0 aromatic heterocycles. The molecule has 0 rings (SSSR count). The van der Waals surface area contributed by atoms with E-state index in [1.165, 1.54) is 0 Å². The standard InChI is InChI=1S/Bi.3Cr.11O/q;;;;;;;;;;;4*-1. The van der Waals surface area contributed by atoms with Crippen molar-refractivity contribution < 1.29 is 83.1 Å². The van der Waals surface area contributed by atoms with Crippen molar-refractivity contribution in [2.45, 2.75) is 0 Å². The summed E-state index contributed by atoms with van der Waals surface area (Å²) in [7, 11) is 0. The van der Waals surface area contributed by atoms with Gasteiger partial charge in [-0.2, -0.15) is 0 Å². The summed E-state index contributed by atoms with van der Waals surface area (Å²) < 4.78 is 93.3. The minimum atomic E-state index is -6.07. The quantitative estimate of drug-likeness (QED) is 0.301. The van der Waals surface area contributed by atoms with Crippen molar-refractivity contribution in [3.8, 4) is 0 Å². The average Bonchev–Trinajstić information content (AvgIpc) is 1.42. The first-order valence-electron chi connectivity index (χ1n) is 2.00. The molecule has 11 nitrogen and oxygen atoms in total. The molecule has 0 aromatic carbocycles. The number of hydrogen-bond acceptors (Lipinski definition) is 11. The van der Waals surface area contributed by atoms with Gasteiger partial charge in [0, 0.05) is 26.2 Å². The van der Waals surface area contributed by atoms with Crippen molar-refractivity contribution in [1.82, 2.24) is 0 Å². The van der Waals surface area contributed by atoms with Gasteiger partial charge in [0.15, 0.2) is 0 Å². The summed E-state index contributed by atoms with van der Waals surface area (Å²) in [4.78, 5) is 0. The van der Waals surface area contributed by atoms with Gasteiger partial charge in [0.2, 0.25) is 0 Å². The van der Waals surface area contributed by atoms with Gasteiger partial charge in [0.05, 0.1) is 0 Å². The number of hydrogen-bond donors (Lipinski definition) is 0. The zero-order valence-electron chi connectivity index (χ0n) is 6.16. The summed E-state index contributed by atoms with van der Waals surface area (Å²) in [6.07, 6.45) is 0. The molecule has 0 heterocycles. The van der Waals surface area contributed by atoms with Crippen LogP contribution in [-0.4, -0.2) is 26.2 Å². The van der Waals surface area contributed by atoms with Crippen LogP contribution in [0.15, 0.2) is 0 Å². The van der Waals surface area contributed by atoms with E-state index in [0.717, 1.165) is 0 Å². The van der Waals surface area contributed by atoms with Crippen molar-refractivity contribution >= 4 is 26.2 Å². The van der Waals surface area contributed by atoms with Crippen LogP contribution in [0.4, 0.5) is 0 Å². The normalized spacial score (nSPS) is 12.0. The van der Waals surface area contributed by atoms with Crippen molar-refractivity contribution in [2.24, 2.45) is 0 Å². The van der Waals surface area contributed by atoms with Crippen LogP contribution < -0.4 is 16.6 Å². The molecule has 0 spiro atoms. The molecule has 0 aliphatic rings. The van der Waals surface area contributed by atoms with Crippen LogP contribution in [0.2, 0.25) is 0 Å². The molecular formula is BiCr3O11-4. The molecule has 0 aliphatic heterocycles. The first-order valence-corrected chi connectivity index (χ1v) is 8.25. The summed E-state index contributed by atoms with van der Waals surface area (Å²) in [6.45, 7) is 0. The molecule has 0 unspecified atom stereocenters. The van der Waals surface area contributed by atoms with Gasteiger partial charge >= 0.3 is 83.1 Å². The molecule has 0 aromatic rings. The molecular weight excluding hydrogens is 541 g/mol. The molecule has 0 saturated heterocycles. The van der Waals surface area contributed by atoms with E-state index >= 15 is 0 Å². The Balaban J connectivity index is -0.000000208. The fraction of sp³-hybridized carbons (Fsp3) is 0. The molecule has 0 bridgehead atoms. The van der Waals surface area contributed by atoms with Crippen molar-refractivity contribution in [3.05, 3.63) is 0 Å². The van der Waals surface area contributed by atoms with Crippen molar-refractivity contribution in [2.75, 3.05) is 0 Å². The molecule has 0 amide bonds. The van der Waals surface area contributed by atoms with Crippen LogP contribution in [0.1, 0.15) is 0 Å². The fourth-order valence-electron chi connectivity index (χ4n) is 0.102. The topological polar surface area (TPSA) is 204 Å². The summed E-state index contributed by atoms with van der Waals surface area (Å²) >= 11 is -17.9. The Hall–Kier alpha value is 1.08. The van der Waals surface area contributed by atoms with E-state index in [1.54, 1.807) is 0 Å². The Bertz CT molecular complexity index is 408. The molecule has 0 atom stereocenters. The van der Waals surface area contributed by atoms with Gasteiger partial charge in [-0.3, -0.25) is 0 Å². The molecule has 93 valence electrons. The summed E-state index contributed by atoms with van der Waals surface area (Å²) in [5.41, 5.74) is 0. The third kappa shape index (κ3) is 51.5. The van der Waals surface area contributed by atoms with Gasteiger partial charge in [-0.05, 0) is 0 Å². The Morgan fingerprint density at radius 3 is 0.800 bits per heavy atom. The summed E-state index contributed by atoms with van der Waals surface area (Å²) in [5, 5.41) is 0. The second-order valence-corrected chi connectivity index (χ2v) is 6.21. The van der Waals surface area contributed by atoms with Crippen LogP contribution >= 0.6 is 0 Å². The molecule has 0 aliphatic carbocycles. The molecule has 15 heteroatoms. The zero-order chi connectivity index (χ0) is 12.2. The van der Waals surface area contributed by atoms with Gasteiger partial charge in [0.25, 0.3) is 0 Å². The zero-order valence-corrected chi connectivity index (χ0v) is 13.5. The Labute approximate surface area is 108 Å². The van der Waals surface area contributed by atoms with E-state index in [1.807, 2.05) is 0 Å². The maximum absolute atomic E-state index is 9.38. The maximum atomic E-state index is 9.38. The van der Waals surface area contributed by atoms with Crippen molar-refractivity contribution in [1.29, 1.82) is 0 Å². The van der Waals surface area contributed by atoms with Crippen molar-refractivity contribution in [3.63, 3.8) is 0 Å². The van der Waals surface area contributed by atoms with Gasteiger partial charge < -0.3 is 0 Å². The van der Waals surface area contributed by atoms with Crippen LogP contribution in [-0.2, 0) is 66.5 Å². The third-order valence-corrected chi connectivity index (χ3v) is 2.83. The average molecular weight is 541 g/mol. The molecule has 3 radical (unpaired) electrons. The summed E-state index contributed by atoms with van der Waals surface area (Å²) in [6, 6.07) is 0. The van der Waals surface area contributed by atoms with Crippen LogP contribution in [0.25, 0.3) is 0 Å². The second kappa shape index (κ2) is 7.41. The van der Waals surface area contributed by atoms with Crippen LogP contribution in [0.5, 0.6) is 0 Å². The van der Waals surface area contributed by atoms with Crippen LogP contribution in [0, 0.1) is 0 Å². The Kier molecular flexibility index (Phi) is 10.6. The molecule has 0 saturated carbocycles. The molecule has 0 fully saturated rings. The fourth-order valence-corrected chi connectivity index (χ4v) is 1.74. The first-order chi connectivity index (χ1) is 5.71. The third-order valence-electron chi connectivity index (χ3n) is 0.167. The predicted molar refractivity (Wildman–Crippen MR) is 11.0 cm³/mol. The van der Waals surface area contributed by atoms with Gasteiger partial charge in [-0.1, -0.05) is 0 Å². The molecule has 15 heavy (non-hydrogen) atoms. The van der Waals surface area contributed by atoms with E-state index < -0.39 is 40.8 Å². The predicted octanol–water partition coefficient (Wildman–Crippen LogP) is -5.93. The second-order valence-electron chi connectivity index (χ2n) is 1.29. The Morgan fingerprint density at radius 1 is 0.667 bits per heavy atom.